The van der Waals surface area contributed by atoms with Crippen LogP contribution >= 0.6 is 0 Å². The van der Waals surface area contributed by atoms with Gasteiger partial charge in [-0.15, -0.1) is 0 Å². The lowest BCUT2D eigenvalue weighted by Crippen LogP contribution is -2.36. The molecule has 0 unspecified atom stereocenters. The zero-order chi connectivity index (χ0) is 26.5. The smallest absolute Gasteiger partial charge is 0.135 e. The minimum Gasteiger partial charge on any atom is -0.376 e. The van der Waals surface area contributed by atoms with E-state index in [1.165, 1.54) is 25.0 Å². The van der Waals surface area contributed by atoms with Crippen LogP contribution in [0.3, 0.4) is 0 Å². The Balaban J connectivity index is 1.26. The van der Waals surface area contributed by atoms with Crippen molar-refractivity contribution in [2.24, 2.45) is 0 Å². The molecule has 2 aliphatic heterocycles. The molecule has 7 rings (SSSR count). The van der Waals surface area contributed by atoms with Crippen molar-refractivity contribution in [2.75, 3.05) is 19.8 Å². The molecule has 0 N–H and O–H groups in total. The minimum atomic E-state index is -0.690. The molecule has 0 radical (unpaired) electrons. The zero-order valence-corrected chi connectivity index (χ0v) is 21.6. The van der Waals surface area contributed by atoms with Gasteiger partial charge in [-0.05, 0) is 50.8 Å². The lowest BCUT2D eigenvalue weighted by molar-refractivity contribution is -0.136. The van der Waals surface area contributed by atoms with Crippen LogP contribution in [0.1, 0.15) is 66.4 Å². The monoisotopic (exact) mass is 533 g/mol. The molecule has 2 saturated heterocycles. The number of nitrogens with zero attached hydrogens (tertiary/aromatic N) is 5. The van der Waals surface area contributed by atoms with E-state index in [2.05, 4.69) is 11.3 Å². The lowest BCUT2D eigenvalue weighted by Gasteiger charge is -2.29. The van der Waals surface area contributed by atoms with Gasteiger partial charge in [-0.2, -0.15) is 5.10 Å². The third kappa shape index (κ3) is 4.92. The van der Waals surface area contributed by atoms with Crippen molar-refractivity contribution in [2.45, 2.75) is 63.4 Å². The second kappa shape index (κ2) is 10.0. The molecule has 0 amide bonds. The molecule has 1 aromatic carbocycles. The zero-order valence-electron chi connectivity index (χ0n) is 21.6. The fraction of sp³-hybridized carbons (Fsp3) is 0.448. The van der Waals surface area contributed by atoms with Crippen LogP contribution in [0.2, 0.25) is 0 Å². The first-order valence-corrected chi connectivity index (χ1v) is 13.5. The number of ether oxygens (including phenoxy) is 3. The third-order valence-electron chi connectivity index (χ3n) is 7.81. The van der Waals surface area contributed by atoms with Gasteiger partial charge >= 0.3 is 0 Å². The van der Waals surface area contributed by atoms with Gasteiger partial charge < -0.3 is 14.2 Å². The van der Waals surface area contributed by atoms with Gasteiger partial charge in [-0.25, -0.2) is 23.7 Å². The van der Waals surface area contributed by atoms with Gasteiger partial charge in [-0.1, -0.05) is 0 Å². The summed E-state index contributed by atoms with van der Waals surface area (Å²) >= 11 is 0. The fourth-order valence-electron chi connectivity index (χ4n) is 5.28. The number of rotatable bonds is 7. The molecule has 1 aliphatic carbocycles. The second-order valence-corrected chi connectivity index (χ2v) is 10.7. The van der Waals surface area contributed by atoms with E-state index in [0.29, 0.717) is 48.3 Å². The van der Waals surface area contributed by atoms with E-state index >= 15 is 4.39 Å². The van der Waals surface area contributed by atoms with Crippen molar-refractivity contribution in [1.82, 2.24) is 24.7 Å². The Morgan fingerprint density at radius 1 is 1.08 bits per heavy atom. The van der Waals surface area contributed by atoms with Crippen molar-refractivity contribution in [3.8, 4) is 11.3 Å². The number of aromatic nitrogens is 5. The average molecular weight is 534 g/mol. The highest BCUT2D eigenvalue weighted by Gasteiger charge is 2.31. The van der Waals surface area contributed by atoms with Crippen LogP contribution in [0.4, 0.5) is 8.78 Å². The molecule has 3 fully saturated rings. The molecule has 5 heterocycles. The topological polar surface area (TPSA) is 84.2 Å². The van der Waals surface area contributed by atoms with Gasteiger partial charge in [0.15, 0.2) is 0 Å². The molecule has 0 spiro atoms. The number of hydrogen-bond acceptors (Lipinski definition) is 7. The number of hydrogen-bond donors (Lipinski definition) is 0. The fourth-order valence-corrected chi connectivity index (χ4v) is 5.28. The Kier molecular flexibility index (Phi) is 6.33. The summed E-state index contributed by atoms with van der Waals surface area (Å²) in [5, 5.41) is 4.53. The Labute approximate surface area is 224 Å². The Bertz CT molecular complexity index is 1540. The molecule has 39 heavy (non-hydrogen) atoms. The van der Waals surface area contributed by atoms with Crippen molar-refractivity contribution < 1.29 is 23.0 Å². The highest BCUT2D eigenvalue weighted by Crippen LogP contribution is 2.40. The van der Waals surface area contributed by atoms with E-state index in [-0.39, 0.29) is 30.3 Å². The summed E-state index contributed by atoms with van der Waals surface area (Å²) in [6, 6.07) is 5.99. The van der Waals surface area contributed by atoms with E-state index in [4.69, 9.17) is 29.2 Å². The molecular formula is C29H29F2N5O3. The third-order valence-corrected chi connectivity index (χ3v) is 7.81. The van der Waals surface area contributed by atoms with E-state index in [1.54, 1.807) is 0 Å². The summed E-state index contributed by atoms with van der Waals surface area (Å²) in [5.41, 5.74) is 4.89. The molecule has 1 saturated carbocycles. The molecule has 0 bridgehead atoms. The van der Waals surface area contributed by atoms with E-state index < -0.39 is 11.6 Å². The van der Waals surface area contributed by atoms with E-state index in [0.717, 1.165) is 35.9 Å². The highest BCUT2D eigenvalue weighted by atomic mass is 19.1. The molecule has 10 heteroatoms. The van der Waals surface area contributed by atoms with Gasteiger partial charge in [0.25, 0.3) is 0 Å². The number of halogens is 2. The van der Waals surface area contributed by atoms with Crippen LogP contribution < -0.4 is 0 Å². The summed E-state index contributed by atoms with van der Waals surface area (Å²) in [5.74, 6) is -1.26. The van der Waals surface area contributed by atoms with Crippen LogP contribution in [-0.4, -0.2) is 50.7 Å². The van der Waals surface area contributed by atoms with Crippen LogP contribution in [0, 0.1) is 18.6 Å². The molecule has 3 aliphatic rings. The highest BCUT2D eigenvalue weighted by molar-refractivity contribution is 5.89. The Morgan fingerprint density at radius 3 is 2.72 bits per heavy atom. The van der Waals surface area contributed by atoms with Crippen LogP contribution in [0.15, 0.2) is 36.7 Å². The maximum absolute atomic E-state index is 15.1. The van der Waals surface area contributed by atoms with Crippen molar-refractivity contribution in [3.05, 3.63) is 70.9 Å². The standard InChI is InChI=1S/C29H29F2N5O3/c1-16-26(15-39-21-13-37-14-21)35-29-25(33-16)10-24(34-28(29)22-5-2-19(30)9-23(22)31)17-6-7-38-27(8-17)18-11-32-36(12-18)20-3-4-20/h2,5,9-12,17,20-21,27H,3-4,6-8,13-15H2,1H3/t17-,27-/m1/s1. The Hall–Kier alpha value is -3.34. The van der Waals surface area contributed by atoms with E-state index in [1.807, 2.05) is 23.9 Å². The minimum absolute atomic E-state index is 0.0364. The lowest BCUT2D eigenvalue weighted by atomic mass is 9.89. The SMILES string of the molecule is Cc1nc2cc([C@@H]3CCO[C@@H](c4cnn(C5CC5)c4)C3)nc(-c3ccc(F)cc3F)c2nc1COC1COC1. The van der Waals surface area contributed by atoms with Crippen molar-refractivity contribution in [1.29, 1.82) is 0 Å². The summed E-state index contributed by atoms with van der Waals surface area (Å²) in [4.78, 5) is 14.6. The predicted octanol–water partition coefficient (Wildman–Crippen LogP) is 5.36. The maximum atomic E-state index is 15.1. The first-order valence-electron chi connectivity index (χ1n) is 13.5. The largest absolute Gasteiger partial charge is 0.376 e. The second-order valence-electron chi connectivity index (χ2n) is 10.7. The maximum Gasteiger partial charge on any atom is 0.135 e. The molecule has 4 aromatic rings. The van der Waals surface area contributed by atoms with Gasteiger partial charge in [0.05, 0.1) is 55.1 Å². The molecule has 202 valence electrons. The predicted molar refractivity (Wildman–Crippen MR) is 138 cm³/mol. The number of pyridine rings is 1. The average Bonchev–Trinajstić information content (AvgIpc) is 3.64. The normalized spacial score (nSPS) is 21.8. The summed E-state index contributed by atoms with van der Waals surface area (Å²) < 4.78 is 48.1. The molecule has 3 aromatic heterocycles. The first kappa shape index (κ1) is 24.7. The van der Waals surface area contributed by atoms with Gasteiger partial charge in [-0.3, -0.25) is 4.68 Å². The van der Waals surface area contributed by atoms with Gasteiger partial charge in [0, 0.05) is 41.6 Å². The summed E-state index contributed by atoms with van der Waals surface area (Å²) in [6.07, 6.45) is 7.77. The van der Waals surface area contributed by atoms with Gasteiger partial charge in [0.1, 0.15) is 28.9 Å². The van der Waals surface area contributed by atoms with Gasteiger partial charge in [0.2, 0.25) is 0 Å². The molecule has 2 atom stereocenters. The quantitative estimate of drug-likeness (QED) is 0.316. The molecule has 8 nitrogen and oxygen atoms in total. The van der Waals surface area contributed by atoms with Crippen molar-refractivity contribution >= 4 is 11.0 Å². The number of aryl methyl sites for hydroxylation is 1. The summed E-state index contributed by atoms with van der Waals surface area (Å²) in [6.45, 7) is 3.86. The van der Waals surface area contributed by atoms with E-state index in [9.17, 15) is 4.39 Å². The molecular weight excluding hydrogens is 504 g/mol. The Morgan fingerprint density at radius 2 is 1.95 bits per heavy atom. The first-order chi connectivity index (χ1) is 19.0. The van der Waals surface area contributed by atoms with Crippen LogP contribution in [0.25, 0.3) is 22.3 Å². The van der Waals surface area contributed by atoms with Crippen LogP contribution in [0.5, 0.6) is 0 Å². The number of fused-ring (bicyclic) bond motifs is 1. The number of benzene rings is 1. The van der Waals surface area contributed by atoms with Crippen molar-refractivity contribution in [3.63, 3.8) is 0 Å². The summed E-state index contributed by atoms with van der Waals surface area (Å²) in [7, 11) is 0. The van der Waals surface area contributed by atoms with Crippen LogP contribution in [-0.2, 0) is 20.8 Å².